The SMILES string of the molecule is Cc1cccc(-c2nc(C)c(C(=O)Nc3ccccc3)s2)c1.Cl. The molecule has 0 unspecified atom stereocenters. The van der Waals surface area contributed by atoms with Crippen molar-refractivity contribution in [2.24, 2.45) is 0 Å². The van der Waals surface area contributed by atoms with Gasteiger partial charge in [-0.25, -0.2) is 4.98 Å². The molecule has 3 rings (SSSR count). The van der Waals surface area contributed by atoms with Gasteiger partial charge in [-0.2, -0.15) is 0 Å². The summed E-state index contributed by atoms with van der Waals surface area (Å²) in [7, 11) is 0. The van der Waals surface area contributed by atoms with Crippen molar-refractivity contribution in [1.29, 1.82) is 0 Å². The first-order valence-electron chi connectivity index (χ1n) is 7.04. The second kappa shape index (κ2) is 7.40. The zero-order valence-corrected chi connectivity index (χ0v) is 14.5. The molecule has 0 saturated heterocycles. The van der Waals surface area contributed by atoms with E-state index >= 15 is 0 Å². The molecule has 0 spiro atoms. The van der Waals surface area contributed by atoms with Crippen LogP contribution in [0.15, 0.2) is 54.6 Å². The lowest BCUT2D eigenvalue weighted by Crippen LogP contribution is -2.11. The summed E-state index contributed by atoms with van der Waals surface area (Å²) >= 11 is 1.43. The zero-order chi connectivity index (χ0) is 15.5. The molecule has 2 aromatic carbocycles. The number of hydrogen-bond donors (Lipinski definition) is 1. The first-order valence-corrected chi connectivity index (χ1v) is 7.86. The lowest BCUT2D eigenvalue weighted by Gasteiger charge is -2.02. The number of nitrogens with zero attached hydrogens (tertiary/aromatic N) is 1. The number of nitrogens with one attached hydrogen (secondary N) is 1. The third kappa shape index (κ3) is 3.97. The molecular weight excluding hydrogens is 328 g/mol. The van der Waals surface area contributed by atoms with E-state index in [9.17, 15) is 4.79 Å². The second-order valence-corrected chi connectivity index (χ2v) is 6.12. The van der Waals surface area contributed by atoms with Gasteiger partial charge >= 0.3 is 0 Å². The van der Waals surface area contributed by atoms with Crippen LogP contribution < -0.4 is 5.32 Å². The lowest BCUT2D eigenvalue weighted by atomic mass is 10.1. The van der Waals surface area contributed by atoms with E-state index < -0.39 is 0 Å². The van der Waals surface area contributed by atoms with E-state index in [2.05, 4.69) is 16.4 Å². The van der Waals surface area contributed by atoms with Crippen LogP contribution in [-0.4, -0.2) is 10.9 Å². The summed E-state index contributed by atoms with van der Waals surface area (Å²) in [6.45, 7) is 3.92. The molecular formula is C18H17ClN2OS. The molecule has 0 aliphatic heterocycles. The van der Waals surface area contributed by atoms with Gasteiger partial charge in [0.15, 0.2) is 0 Å². The standard InChI is InChI=1S/C18H16N2OS.ClH/c1-12-7-6-8-14(11-12)18-19-13(2)16(22-18)17(21)20-15-9-4-3-5-10-15;/h3-11H,1-2H3,(H,20,21);1H. The summed E-state index contributed by atoms with van der Waals surface area (Å²) < 4.78 is 0. The topological polar surface area (TPSA) is 42.0 Å². The lowest BCUT2D eigenvalue weighted by molar-refractivity contribution is 0.103. The van der Waals surface area contributed by atoms with Crippen molar-refractivity contribution in [3.8, 4) is 10.6 Å². The molecule has 3 aromatic rings. The van der Waals surface area contributed by atoms with Gasteiger partial charge < -0.3 is 5.32 Å². The van der Waals surface area contributed by atoms with Gasteiger partial charge in [-0.05, 0) is 32.0 Å². The number of carbonyl (C=O) groups excluding carboxylic acids is 1. The number of amides is 1. The van der Waals surface area contributed by atoms with Crippen LogP contribution in [0.3, 0.4) is 0 Å². The van der Waals surface area contributed by atoms with Gasteiger partial charge in [0.1, 0.15) is 9.88 Å². The summed E-state index contributed by atoms with van der Waals surface area (Å²) in [5.74, 6) is -0.111. The molecule has 118 valence electrons. The van der Waals surface area contributed by atoms with E-state index in [0.717, 1.165) is 22.0 Å². The van der Waals surface area contributed by atoms with Crippen molar-refractivity contribution >= 4 is 35.3 Å². The minimum Gasteiger partial charge on any atom is -0.321 e. The Bertz CT molecular complexity index is 815. The molecule has 0 atom stereocenters. The molecule has 0 fully saturated rings. The van der Waals surface area contributed by atoms with E-state index in [-0.39, 0.29) is 18.3 Å². The maximum Gasteiger partial charge on any atom is 0.267 e. The summed E-state index contributed by atoms with van der Waals surface area (Å²) in [6, 6.07) is 17.6. The number of carbonyl (C=O) groups is 1. The molecule has 1 N–H and O–H groups in total. The van der Waals surface area contributed by atoms with Crippen LogP contribution in [0.1, 0.15) is 20.9 Å². The monoisotopic (exact) mass is 344 g/mol. The highest BCUT2D eigenvalue weighted by atomic mass is 35.5. The Hall–Kier alpha value is -2.17. The smallest absolute Gasteiger partial charge is 0.267 e. The Morgan fingerprint density at radius 3 is 2.48 bits per heavy atom. The number of aryl methyl sites for hydroxylation is 2. The minimum atomic E-state index is -0.111. The van der Waals surface area contributed by atoms with Crippen LogP contribution in [0.25, 0.3) is 10.6 Å². The van der Waals surface area contributed by atoms with Gasteiger partial charge in [-0.1, -0.05) is 42.0 Å². The van der Waals surface area contributed by atoms with E-state index in [0.29, 0.717) is 4.88 Å². The van der Waals surface area contributed by atoms with E-state index in [1.165, 1.54) is 16.9 Å². The molecule has 3 nitrogen and oxygen atoms in total. The highest BCUT2D eigenvalue weighted by Crippen LogP contribution is 2.29. The quantitative estimate of drug-likeness (QED) is 0.718. The number of anilines is 1. The predicted molar refractivity (Wildman–Crippen MR) is 98.7 cm³/mol. The number of thiazole rings is 1. The Kier molecular flexibility index (Phi) is 5.53. The Balaban J connectivity index is 0.00000192. The van der Waals surface area contributed by atoms with Gasteiger partial charge in [0, 0.05) is 11.3 Å². The molecule has 23 heavy (non-hydrogen) atoms. The molecule has 0 aliphatic carbocycles. The summed E-state index contributed by atoms with van der Waals surface area (Å²) in [6.07, 6.45) is 0. The highest BCUT2D eigenvalue weighted by molar-refractivity contribution is 7.17. The fourth-order valence-corrected chi connectivity index (χ4v) is 3.18. The predicted octanol–water partition coefficient (Wildman–Crippen LogP) is 5.10. The van der Waals surface area contributed by atoms with E-state index in [4.69, 9.17) is 0 Å². The number of para-hydroxylation sites is 1. The number of aromatic nitrogens is 1. The number of rotatable bonds is 3. The van der Waals surface area contributed by atoms with Crippen LogP contribution >= 0.6 is 23.7 Å². The van der Waals surface area contributed by atoms with Crippen LogP contribution in [-0.2, 0) is 0 Å². The third-order valence-electron chi connectivity index (χ3n) is 3.30. The fraction of sp³-hybridized carbons (Fsp3) is 0.111. The molecule has 1 amide bonds. The van der Waals surface area contributed by atoms with Gasteiger partial charge in [-0.3, -0.25) is 4.79 Å². The van der Waals surface area contributed by atoms with E-state index in [1.807, 2.05) is 62.4 Å². The Labute approximate surface area is 145 Å². The van der Waals surface area contributed by atoms with Crippen molar-refractivity contribution in [1.82, 2.24) is 4.98 Å². The summed E-state index contributed by atoms with van der Waals surface area (Å²) in [4.78, 5) is 17.6. The molecule has 1 aromatic heterocycles. The first-order chi connectivity index (χ1) is 10.6. The average molecular weight is 345 g/mol. The van der Waals surface area contributed by atoms with Crippen molar-refractivity contribution in [2.75, 3.05) is 5.32 Å². The van der Waals surface area contributed by atoms with Crippen molar-refractivity contribution in [3.05, 3.63) is 70.7 Å². The van der Waals surface area contributed by atoms with Crippen LogP contribution in [0, 0.1) is 13.8 Å². The summed E-state index contributed by atoms with van der Waals surface area (Å²) in [5.41, 5.74) is 3.78. The number of halogens is 1. The molecule has 1 heterocycles. The zero-order valence-electron chi connectivity index (χ0n) is 12.9. The average Bonchev–Trinajstić information content (AvgIpc) is 2.90. The first kappa shape index (κ1) is 17.2. The molecule has 0 radical (unpaired) electrons. The van der Waals surface area contributed by atoms with Crippen molar-refractivity contribution in [2.45, 2.75) is 13.8 Å². The number of benzene rings is 2. The normalized spacial score (nSPS) is 10.0. The molecule has 0 saturated carbocycles. The van der Waals surface area contributed by atoms with Crippen molar-refractivity contribution in [3.63, 3.8) is 0 Å². The summed E-state index contributed by atoms with van der Waals surface area (Å²) in [5, 5.41) is 3.78. The maximum atomic E-state index is 12.4. The maximum absolute atomic E-state index is 12.4. The molecule has 0 bridgehead atoms. The minimum absolute atomic E-state index is 0. The highest BCUT2D eigenvalue weighted by Gasteiger charge is 2.16. The van der Waals surface area contributed by atoms with Gasteiger partial charge in [-0.15, -0.1) is 23.7 Å². The molecule has 0 aliphatic rings. The van der Waals surface area contributed by atoms with Crippen LogP contribution in [0.5, 0.6) is 0 Å². The fourth-order valence-electron chi connectivity index (χ4n) is 2.22. The molecule has 5 heteroatoms. The van der Waals surface area contributed by atoms with Crippen LogP contribution in [0.2, 0.25) is 0 Å². The van der Waals surface area contributed by atoms with Gasteiger partial charge in [0.2, 0.25) is 0 Å². The Morgan fingerprint density at radius 2 is 1.78 bits per heavy atom. The van der Waals surface area contributed by atoms with Crippen LogP contribution in [0.4, 0.5) is 5.69 Å². The van der Waals surface area contributed by atoms with Gasteiger partial charge in [0.05, 0.1) is 5.69 Å². The largest absolute Gasteiger partial charge is 0.321 e. The Morgan fingerprint density at radius 1 is 1.04 bits per heavy atom. The van der Waals surface area contributed by atoms with E-state index in [1.54, 1.807) is 0 Å². The number of hydrogen-bond acceptors (Lipinski definition) is 3. The third-order valence-corrected chi connectivity index (χ3v) is 4.50. The van der Waals surface area contributed by atoms with Crippen molar-refractivity contribution < 1.29 is 4.79 Å². The second-order valence-electron chi connectivity index (χ2n) is 5.12. The van der Waals surface area contributed by atoms with Gasteiger partial charge in [0.25, 0.3) is 5.91 Å².